The molecule has 4 atom stereocenters. The third kappa shape index (κ3) is 34.6. The average Bonchev–Trinajstić information content (AvgIpc) is 1.84. The first kappa shape index (κ1) is 88.5. The van der Waals surface area contributed by atoms with Gasteiger partial charge in [-0.3, -0.25) is 9.98 Å². The van der Waals surface area contributed by atoms with Crippen molar-refractivity contribution in [1.82, 2.24) is 10.6 Å². The SMILES string of the molecule is C.C.CC[C@H](N=Cc1ccccc1OCOCCOC)[C@H](CO[Si](C)(C)C(C)(C)C)N=Cc1ccccc1OCOCCOC.CC[C@H](NCc1ccccc1OCOCCOC)[C@H](CO[Si](C)(C)C(C)(C)C)NCc1ccccc1OCOCCOC.[B].[H-].[Na+]. The first-order chi connectivity index (χ1) is 41.2. The van der Waals surface area contributed by atoms with E-state index in [0.29, 0.717) is 90.7 Å². The second-order valence-electron chi connectivity index (χ2n) is 23.6. The summed E-state index contributed by atoms with van der Waals surface area (Å²) in [6.45, 7) is 34.0. The zero-order valence-corrected chi connectivity index (χ0v) is 60.6. The molecule has 0 amide bonds. The van der Waals surface area contributed by atoms with E-state index < -0.39 is 16.6 Å². The Morgan fingerprint density at radius 2 is 0.767 bits per heavy atom. The minimum atomic E-state index is -2.01. The molecule has 18 nitrogen and oxygen atoms in total. The maximum absolute atomic E-state index is 6.74. The molecule has 4 aromatic rings. The third-order valence-electron chi connectivity index (χ3n) is 15.3. The minimum Gasteiger partial charge on any atom is -1.00 e. The van der Waals surface area contributed by atoms with Gasteiger partial charge in [-0.15, -0.1) is 0 Å². The van der Waals surface area contributed by atoms with Crippen molar-refractivity contribution < 1.29 is 96.7 Å². The molecule has 0 spiro atoms. The fraction of sp³-hybridized carbons (Fsp3) is 0.618. The Labute approximate surface area is 571 Å². The van der Waals surface area contributed by atoms with E-state index in [0.717, 1.165) is 46.6 Å². The van der Waals surface area contributed by atoms with Gasteiger partial charge < -0.3 is 77.8 Å². The van der Waals surface area contributed by atoms with Crippen molar-refractivity contribution in [2.24, 2.45) is 9.98 Å². The van der Waals surface area contributed by atoms with Crippen LogP contribution < -0.4 is 59.1 Å². The van der Waals surface area contributed by atoms with E-state index in [1.165, 1.54) is 0 Å². The number of rotatable bonds is 44. The third-order valence-corrected chi connectivity index (χ3v) is 24.3. The van der Waals surface area contributed by atoms with Crippen LogP contribution >= 0.6 is 0 Å². The molecule has 0 aliphatic carbocycles. The van der Waals surface area contributed by atoms with Gasteiger partial charge in [0.15, 0.2) is 43.8 Å². The van der Waals surface area contributed by atoms with E-state index in [2.05, 4.69) is 104 Å². The van der Waals surface area contributed by atoms with Gasteiger partial charge in [-0.05, 0) is 85.5 Å². The Hall–Kier alpha value is -3.56. The molecule has 0 fully saturated rings. The summed E-state index contributed by atoms with van der Waals surface area (Å²) < 4.78 is 79.2. The number of nitrogens with one attached hydrogen (secondary N) is 2. The molecule has 0 unspecified atom stereocenters. The van der Waals surface area contributed by atoms with Crippen molar-refractivity contribution in [1.29, 1.82) is 0 Å². The zero-order chi connectivity index (χ0) is 63.1. The summed E-state index contributed by atoms with van der Waals surface area (Å²) in [4.78, 5) is 10.0. The van der Waals surface area contributed by atoms with Crippen LogP contribution in [-0.4, -0.2) is 183 Å². The van der Waals surface area contributed by atoms with Crippen LogP contribution in [0.15, 0.2) is 107 Å². The summed E-state index contributed by atoms with van der Waals surface area (Å²) in [6, 6.07) is 31.6. The van der Waals surface area contributed by atoms with E-state index in [1.807, 2.05) is 97.4 Å². The molecule has 0 heterocycles. The van der Waals surface area contributed by atoms with E-state index in [9.17, 15) is 0 Å². The van der Waals surface area contributed by atoms with Gasteiger partial charge in [0.25, 0.3) is 0 Å². The number of nitrogens with zero attached hydrogens (tertiary/aromatic N) is 2. The molecule has 0 aromatic heterocycles. The summed E-state index contributed by atoms with van der Waals surface area (Å²) in [5.74, 6) is 3.01. The Morgan fingerprint density at radius 3 is 1.12 bits per heavy atom. The number of methoxy groups -OCH3 is 4. The normalized spacial score (nSPS) is 13.2. The largest absolute Gasteiger partial charge is 1.00 e. The van der Waals surface area contributed by atoms with Crippen molar-refractivity contribution in [3.63, 3.8) is 0 Å². The molecule has 90 heavy (non-hydrogen) atoms. The maximum atomic E-state index is 6.74. The molecule has 4 aromatic carbocycles. The van der Waals surface area contributed by atoms with Gasteiger partial charge in [0.2, 0.25) is 0 Å². The van der Waals surface area contributed by atoms with Gasteiger partial charge in [-0.2, -0.15) is 0 Å². The second-order valence-corrected chi connectivity index (χ2v) is 33.2. The quantitative estimate of drug-likeness (QED) is 0.0185. The predicted molar refractivity (Wildman–Crippen MR) is 370 cm³/mol. The number of hydrogen-bond donors (Lipinski definition) is 2. The molecule has 505 valence electrons. The standard InChI is InChI=1S/C33H56N2O7Si.C33H52N2O7Si.2CH4.B.Na.H/c2*1-9-29(34-22-27-14-10-12-16-31(27)40-25-38-20-18-36-5)30(24-42-43(7,8)33(2,3)4)35-23-28-15-11-13-17-32(28)41-26-39-21-19-37-6;;;;;/h10-17,29-30,34-35H,9,18-26H2,1-8H3;10-17,22-23,29-30H,9,18-21,24-26H2,1-8H3;2*1H4;;;/q;;;;;+1;-1/t2*29-,30-;;;;;/m00...../s1. The van der Waals surface area contributed by atoms with Crippen molar-refractivity contribution in [3.8, 4) is 23.0 Å². The Morgan fingerprint density at radius 1 is 0.444 bits per heavy atom. The van der Waals surface area contributed by atoms with Crippen molar-refractivity contribution in [2.75, 3.05) is 122 Å². The van der Waals surface area contributed by atoms with Gasteiger partial charge in [-0.1, -0.05) is 131 Å². The Balaban J connectivity index is -0.00000161. The fourth-order valence-electron chi connectivity index (χ4n) is 7.72. The zero-order valence-electron chi connectivity index (χ0n) is 57.6. The molecule has 4 rings (SSSR count). The second kappa shape index (κ2) is 49.9. The molecule has 0 aliphatic heterocycles. The van der Waals surface area contributed by atoms with Crippen LogP contribution in [0, 0.1) is 0 Å². The molecule has 22 heteroatoms. The van der Waals surface area contributed by atoms with Gasteiger partial charge in [0.05, 0.1) is 78.2 Å². The van der Waals surface area contributed by atoms with E-state index >= 15 is 0 Å². The number of benzene rings is 4. The van der Waals surface area contributed by atoms with E-state index in [-0.39, 0.29) is 116 Å². The molecule has 0 bridgehead atoms. The van der Waals surface area contributed by atoms with Crippen LogP contribution in [-0.2, 0) is 59.8 Å². The topological polar surface area (TPSA) is 178 Å². The number of hydrogen-bond acceptors (Lipinski definition) is 18. The smallest absolute Gasteiger partial charge is 1.00 e. The van der Waals surface area contributed by atoms with Crippen LogP contribution in [0.4, 0.5) is 0 Å². The van der Waals surface area contributed by atoms with Crippen molar-refractivity contribution in [3.05, 3.63) is 119 Å². The molecule has 0 aliphatic rings. The first-order valence-corrected chi connectivity index (χ1v) is 36.0. The Bertz CT molecular complexity index is 2480. The van der Waals surface area contributed by atoms with Crippen LogP contribution in [0.5, 0.6) is 23.0 Å². The Kier molecular flexibility index (Phi) is 49.1. The van der Waals surface area contributed by atoms with Gasteiger partial charge in [0, 0.05) is 96.7 Å². The van der Waals surface area contributed by atoms with Gasteiger partial charge in [-0.25, -0.2) is 0 Å². The molecule has 0 saturated heterocycles. The van der Waals surface area contributed by atoms with Crippen LogP contribution in [0.2, 0.25) is 36.3 Å². The van der Waals surface area contributed by atoms with Crippen LogP contribution in [0.3, 0.4) is 0 Å². The van der Waals surface area contributed by atoms with Crippen LogP contribution in [0.25, 0.3) is 0 Å². The molecule has 2 N–H and O–H groups in total. The minimum absolute atomic E-state index is 0. The monoisotopic (exact) mass is 1300 g/mol. The fourth-order valence-corrected chi connectivity index (χ4v) is 9.77. The summed E-state index contributed by atoms with van der Waals surface area (Å²) in [5, 5.41) is 7.79. The summed E-state index contributed by atoms with van der Waals surface area (Å²) >= 11 is 0. The summed E-state index contributed by atoms with van der Waals surface area (Å²) in [5.41, 5.74) is 3.88. The van der Waals surface area contributed by atoms with E-state index in [4.69, 9.17) is 75.7 Å². The van der Waals surface area contributed by atoms with Crippen molar-refractivity contribution >= 4 is 37.5 Å². The van der Waals surface area contributed by atoms with Gasteiger partial charge >= 0.3 is 29.6 Å². The molecular formula is C68H117BN4NaO14Si2. The summed E-state index contributed by atoms with van der Waals surface area (Å²) in [7, 11) is 2.62. The van der Waals surface area contributed by atoms with Gasteiger partial charge in [0.1, 0.15) is 23.0 Å². The molecule has 3 radical (unpaired) electrons. The molecular weight excluding hydrogens is 1190 g/mol. The van der Waals surface area contributed by atoms with E-state index in [1.54, 1.807) is 28.4 Å². The number of para-hydroxylation sites is 4. The molecule has 0 saturated carbocycles. The van der Waals surface area contributed by atoms with Crippen LogP contribution in [0.1, 0.15) is 107 Å². The van der Waals surface area contributed by atoms with Crippen molar-refractivity contribution in [2.45, 2.75) is 157 Å². The predicted octanol–water partition coefficient (Wildman–Crippen LogP) is 10.1. The number of ether oxygens (including phenoxy) is 12. The average molecular weight is 1300 g/mol. The first-order valence-electron chi connectivity index (χ1n) is 30.2. The summed E-state index contributed by atoms with van der Waals surface area (Å²) in [6.07, 6.45) is 5.43. The number of aliphatic imine (C=N–C) groups is 2. The maximum Gasteiger partial charge on any atom is 1.00 e.